The average molecular weight is 719 g/mol. The van der Waals surface area contributed by atoms with E-state index in [9.17, 15) is 0 Å². The van der Waals surface area contributed by atoms with Gasteiger partial charge in [0.2, 0.25) is 0 Å². The molecule has 2 aromatic heterocycles. The zero-order valence-electron chi connectivity index (χ0n) is 29.9. The molecule has 0 unspecified atom stereocenters. The lowest BCUT2D eigenvalue weighted by atomic mass is 10.0. The predicted octanol–water partition coefficient (Wildman–Crippen LogP) is 15.1. The van der Waals surface area contributed by atoms with E-state index in [0.717, 1.165) is 17.1 Å². The summed E-state index contributed by atoms with van der Waals surface area (Å²) in [5, 5.41) is 7.63. The van der Waals surface area contributed by atoms with E-state index in [1.807, 2.05) is 11.3 Å². The molecule has 0 radical (unpaired) electrons. The minimum Gasteiger partial charge on any atom is -0.310 e. The van der Waals surface area contributed by atoms with Gasteiger partial charge in [-0.3, -0.25) is 0 Å². The molecule has 0 aliphatic heterocycles. The van der Waals surface area contributed by atoms with Crippen LogP contribution in [0.2, 0.25) is 0 Å². The van der Waals surface area contributed by atoms with Crippen molar-refractivity contribution in [2.45, 2.75) is 0 Å². The van der Waals surface area contributed by atoms with Crippen LogP contribution in [0.1, 0.15) is 0 Å². The first kappa shape index (κ1) is 31.6. The second-order valence-corrected chi connectivity index (χ2v) is 15.3. The molecular weight excluding hydrogens is 685 g/mol. The number of benzene rings is 9. The first-order valence-electron chi connectivity index (χ1n) is 18.7. The zero-order valence-corrected chi connectivity index (χ0v) is 30.7. The number of rotatable bonds is 6. The highest BCUT2D eigenvalue weighted by atomic mass is 32.1. The molecular formula is C52H34N2S. The largest absolute Gasteiger partial charge is 0.310 e. The first-order valence-corrected chi connectivity index (χ1v) is 19.6. The second kappa shape index (κ2) is 12.9. The Bertz CT molecular complexity index is 3090. The number of nitrogens with zero attached hydrogens (tertiary/aromatic N) is 2. The molecule has 0 amide bonds. The SMILES string of the molecule is c1ccc(-c2ccc(N(c3ccc(-c4ccccc4)cc3)c3ccc4c(c3)sc3ccc(-n5c6ccccc6c6cc7ccccc7cc65)cc34)cc2)cc1. The molecule has 0 saturated carbocycles. The summed E-state index contributed by atoms with van der Waals surface area (Å²) >= 11 is 1.86. The Balaban J connectivity index is 1.04. The second-order valence-electron chi connectivity index (χ2n) is 14.2. The van der Waals surface area contributed by atoms with Crippen molar-refractivity contribution in [2.75, 3.05) is 4.90 Å². The smallest absolute Gasteiger partial charge is 0.0547 e. The van der Waals surface area contributed by atoms with Gasteiger partial charge in [0.05, 0.1) is 11.0 Å². The Labute approximate surface area is 323 Å². The van der Waals surface area contributed by atoms with E-state index >= 15 is 0 Å². The van der Waals surface area contributed by atoms with Crippen LogP contribution in [-0.4, -0.2) is 4.57 Å². The van der Waals surface area contributed by atoms with Crippen LogP contribution in [0, 0.1) is 0 Å². The summed E-state index contributed by atoms with van der Waals surface area (Å²) in [5.41, 5.74) is 11.8. The molecule has 11 rings (SSSR count). The third-order valence-corrected chi connectivity index (χ3v) is 12.1. The lowest BCUT2D eigenvalue weighted by Gasteiger charge is -2.26. The van der Waals surface area contributed by atoms with Gasteiger partial charge < -0.3 is 9.47 Å². The summed E-state index contributed by atoms with van der Waals surface area (Å²) in [5.74, 6) is 0. The number of hydrogen-bond acceptors (Lipinski definition) is 2. The molecule has 258 valence electrons. The molecule has 9 aromatic carbocycles. The van der Waals surface area contributed by atoms with Gasteiger partial charge in [0.15, 0.2) is 0 Å². The van der Waals surface area contributed by atoms with Gasteiger partial charge in [-0.15, -0.1) is 11.3 Å². The number of fused-ring (bicyclic) bond motifs is 7. The summed E-state index contributed by atoms with van der Waals surface area (Å²) in [6, 6.07) is 75.1. The minimum absolute atomic E-state index is 1.12. The summed E-state index contributed by atoms with van der Waals surface area (Å²) in [7, 11) is 0. The van der Waals surface area contributed by atoms with Crippen molar-refractivity contribution < 1.29 is 0 Å². The highest BCUT2D eigenvalue weighted by molar-refractivity contribution is 7.25. The van der Waals surface area contributed by atoms with Gasteiger partial charge in [0, 0.05) is 53.7 Å². The van der Waals surface area contributed by atoms with Gasteiger partial charge in [0.1, 0.15) is 0 Å². The van der Waals surface area contributed by atoms with Crippen molar-refractivity contribution in [3.05, 3.63) is 206 Å². The molecule has 0 spiro atoms. The van der Waals surface area contributed by atoms with Crippen molar-refractivity contribution in [1.82, 2.24) is 4.57 Å². The fraction of sp³-hybridized carbons (Fsp3) is 0. The van der Waals surface area contributed by atoms with Gasteiger partial charge in [0.25, 0.3) is 0 Å². The van der Waals surface area contributed by atoms with Crippen molar-refractivity contribution in [1.29, 1.82) is 0 Å². The number of aromatic nitrogens is 1. The van der Waals surface area contributed by atoms with Gasteiger partial charge in [-0.1, -0.05) is 133 Å². The van der Waals surface area contributed by atoms with Gasteiger partial charge in [-0.05, 0) is 106 Å². The van der Waals surface area contributed by atoms with Crippen LogP contribution in [0.25, 0.3) is 80.7 Å². The van der Waals surface area contributed by atoms with Crippen LogP contribution in [0.5, 0.6) is 0 Å². The van der Waals surface area contributed by atoms with Gasteiger partial charge in [-0.25, -0.2) is 0 Å². The fourth-order valence-electron chi connectivity index (χ4n) is 8.28. The van der Waals surface area contributed by atoms with E-state index < -0.39 is 0 Å². The van der Waals surface area contributed by atoms with Crippen molar-refractivity contribution in [3.8, 4) is 27.9 Å². The highest BCUT2D eigenvalue weighted by Crippen LogP contribution is 2.43. The molecule has 0 aliphatic rings. The molecule has 11 aromatic rings. The quantitative estimate of drug-likeness (QED) is 0.166. The number of thiophene rings is 1. The van der Waals surface area contributed by atoms with Crippen molar-refractivity contribution in [3.63, 3.8) is 0 Å². The molecule has 0 fully saturated rings. The summed E-state index contributed by atoms with van der Waals surface area (Å²) < 4.78 is 4.99. The maximum Gasteiger partial charge on any atom is 0.0547 e. The monoisotopic (exact) mass is 718 g/mol. The maximum atomic E-state index is 2.44. The maximum absolute atomic E-state index is 2.44. The topological polar surface area (TPSA) is 8.17 Å². The molecule has 0 atom stereocenters. The standard InChI is InChI=1S/C52H34N2S/c1-3-11-35(12-4-1)37-19-23-41(24-20-37)53(42-25-21-38(22-26-42)36-13-5-2-6-14-36)44-27-29-46-48-33-43(28-30-51(48)55-52(46)34-44)54-49-18-10-9-17-45(49)47-31-39-15-7-8-16-40(39)32-50(47)54/h1-34H. The molecule has 0 N–H and O–H groups in total. The third-order valence-electron chi connectivity index (χ3n) is 11.0. The Morgan fingerprint density at radius 3 is 1.56 bits per heavy atom. The number of hydrogen-bond donors (Lipinski definition) is 0. The van der Waals surface area contributed by atoms with E-state index in [1.54, 1.807) is 0 Å². The van der Waals surface area contributed by atoms with Gasteiger partial charge >= 0.3 is 0 Å². The molecule has 55 heavy (non-hydrogen) atoms. The molecule has 0 bridgehead atoms. The normalized spacial score (nSPS) is 11.6. The van der Waals surface area contributed by atoms with Crippen molar-refractivity contribution in [2.24, 2.45) is 0 Å². The van der Waals surface area contributed by atoms with Crippen LogP contribution in [0.3, 0.4) is 0 Å². The Kier molecular flexibility index (Phi) is 7.39. The van der Waals surface area contributed by atoms with Crippen LogP contribution >= 0.6 is 11.3 Å². The van der Waals surface area contributed by atoms with Gasteiger partial charge in [-0.2, -0.15) is 0 Å². The van der Waals surface area contributed by atoms with Crippen LogP contribution < -0.4 is 4.90 Å². The third kappa shape index (κ3) is 5.40. The van der Waals surface area contributed by atoms with E-state index in [2.05, 4.69) is 216 Å². The number of para-hydroxylation sites is 1. The van der Waals surface area contributed by atoms with Crippen LogP contribution in [0.15, 0.2) is 206 Å². The van der Waals surface area contributed by atoms with Crippen LogP contribution in [0.4, 0.5) is 17.1 Å². The van der Waals surface area contributed by atoms with E-state index in [-0.39, 0.29) is 0 Å². The molecule has 0 aliphatic carbocycles. The highest BCUT2D eigenvalue weighted by Gasteiger charge is 2.18. The van der Waals surface area contributed by atoms with E-state index in [1.165, 1.54) is 80.7 Å². The average Bonchev–Trinajstić information content (AvgIpc) is 3.78. The first-order chi connectivity index (χ1) is 27.2. The summed E-state index contributed by atoms with van der Waals surface area (Å²) in [4.78, 5) is 2.38. The number of anilines is 3. The summed E-state index contributed by atoms with van der Waals surface area (Å²) in [6.45, 7) is 0. The molecule has 2 nitrogen and oxygen atoms in total. The van der Waals surface area contributed by atoms with E-state index in [4.69, 9.17) is 0 Å². The minimum atomic E-state index is 1.12. The van der Waals surface area contributed by atoms with Crippen molar-refractivity contribution >= 4 is 81.1 Å². The fourth-order valence-corrected chi connectivity index (χ4v) is 9.40. The lowest BCUT2D eigenvalue weighted by molar-refractivity contribution is 1.19. The molecule has 3 heteroatoms. The molecule has 0 saturated heterocycles. The van der Waals surface area contributed by atoms with Crippen LogP contribution in [-0.2, 0) is 0 Å². The summed E-state index contributed by atoms with van der Waals surface area (Å²) in [6.07, 6.45) is 0. The Morgan fingerprint density at radius 1 is 0.327 bits per heavy atom. The zero-order chi connectivity index (χ0) is 36.3. The Morgan fingerprint density at radius 2 is 0.891 bits per heavy atom. The predicted molar refractivity (Wildman–Crippen MR) is 237 cm³/mol. The lowest BCUT2D eigenvalue weighted by Crippen LogP contribution is -2.09. The molecule has 2 heterocycles. The van der Waals surface area contributed by atoms with E-state index in [0.29, 0.717) is 0 Å². The Hall–Kier alpha value is -6.94.